The van der Waals surface area contributed by atoms with Crippen molar-refractivity contribution in [3.63, 3.8) is 0 Å². The van der Waals surface area contributed by atoms with Crippen LogP contribution in [0.3, 0.4) is 0 Å². The summed E-state index contributed by atoms with van der Waals surface area (Å²) in [6, 6.07) is 4.21. The van der Waals surface area contributed by atoms with Gasteiger partial charge in [0.1, 0.15) is 11.8 Å². The first-order valence-corrected chi connectivity index (χ1v) is 10.5. The van der Waals surface area contributed by atoms with Gasteiger partial charge in [0.05, 0.1) is 18.4 Å². The van der Waals surface area contributed by atoms with Crippen LogP contribution in [0.2, 0.25) is 0 Å². The summed E-state index contributed by atoms with van der Waals surface area (Å²) in [5, 5.41) is 9.14. The van der Waals surface area contributed by atoms with Crippen LogP contribution in [-0.2, 0) is 4.79 Å². The molecule has 0 aliphatic heterocycles. The average Bonchev–Trinajstić information content (AvgIpc) is 3.21. The van der Waals surface area contributed by atoms with E-state index in [0.29, 0.717) is 48.3 Å². The number of amides is 2. The average molecular weight is 477 g/mol. The summed E-state index contributed by atoms with van der Waals surface area (Å²) in [4.78, 5) is 32.4. The van der Waals surface area contributed by atoms with E-state index in [0.717, 1.165) is 0 Å². The van der Waals surface area contributed by atoms with Crippen LogP contribution in [-0.4, -0.2) is 56.8 Å². The van der Waals surface area contributed by atoms with Gasteiger partial charge in [-0.15, -0.1) is 0 Å². The molecule has 0 unspecified atom stereocenters. The lowest BCUT2D eigenvalue weighted by molar-refractivity contribution is -0.174. The maximum absolute atomic E-state index is 13.1. The second-order valence-electron chi connectivity index (χ2n) is 7.93. The molecule has 0 bridgehead atoms. The number of aromatic nitrogens is 4. The van der Waals surface area contributed by atoms with Crippen molar-refractivity contribution < 1.29 is 27.5 Å². The first-order valence-electron chi connectivity index (χ1n) is 10.5. The van der Waals surface area contributed by atoms with Crippen molar-refractivity contribution >= 4 is 23.1 Å². The standard InChI is InChI=1S/C21H22F3N7O3/c1-34-16-8-11(6-7-26-16)15-9-14(17-18(25)27-10-28-31(15)17)19(32)29-12-2-4-13(5-3-12)30-20(33)21(22,23)24/h6-10,12-13H,2-5H2,1H3,(H,29,32)(H,30,33)(H2,25,27,28). The third kappa shape index (κ3) is 4.72. The number of hydrogen-bond donors (Lipinski definition) is 3. The number of carbonyl (C=O) groups excluding carboxylic acids is 2. The number of anilines is 1. The molecule has 1 aliphatic rings. The van der Waals surface area contributed by atoms with E-state index in [4.69, 9.17) is 10.5 Å². The number of nitrogens with one attached hydrogen (secondary N) is 2. The number of pyridine rings is 1. The number of hydrogen-bond acceptors (Lipinski definition) is 7. The lowest BCUT2D eigenvalue weighted by Crippen LogP contribution is -2.47. The highest BCUT2D eigenvalue weighted by atomic mass is 19.4. The Morgan fingerprint density at radius 3 is 2.44 bits per heavy atom. The molecule has 4 N–H and O–H groups in total. The third-order valence-electron chi connectivity index (χ3n) is 5.72. The molecule has 0 atom stereocenters. The highest BCUT2D eigenvalue weighted by molar-refractivity contribution is 6.05. The van der Waals surface area contributed by atoms with Gasteiger partial charge in [0.25, 0.3) is 5.91 Å². The van der Waals surface area contributed by atoms with E-state index < -0.39 is 24.0 Å². The fourth-order valence-corrected chi connectivity index (χ4v) is 4.04. The summed E-state index contributed by atoms with van der Waals surface area (Å²) in [5.41, 5.74) is 7.92. The zero-order valence-corrected chi connectivity index (χ0v) is 18.1. The molecule has 0 radical (unpaired) electrons. The molecule has 0 spiro atoms. The maximum atomic E-state index is 13.1. The molecular weight excluding hydrogens is 455 g/mol. The fourth-order valence-electron chi connectivity index (χ4n) is 4.04. The smallest absolute Gasteiger partial charge is 0.471 e. The van der Waals surface area contributed by atoms with E-state index in [1.807, 2.05) is 5.32 Å². The molecular formula is C21H22F3N7O3. The maximum Gasteiger partial charge on any atom is 0.471 e. The van der Waals surface area contributed by atoms with Crippen LogP contribution >= 0.6 is 0 Å². The Morgan fingerprint density at radius 2 is 1.79 bits per heavy atom. The minimum Gasteiger partial charge on any atom is -0.481 e. The Bertz CT molecular complexity index is 1220. The van der Waals surface area contributed by atoms with Crippen molar-refractivity contribution in [3.05, 3.63) is 36.3 Å². The number of ether oxygens (including phenoxy) is 1. The molecule has 3 heterocycles. The van der Waals surface area contributed by atoms with Crippen LogP contribution in [0.4, 0.5) is 19.0 Å². The van der Waals surface area contributed by atoms with E-state index in [1.165, 1.54) is 18.0 Å². The van der Waals surface area contributed by atoms with Gasteiger partial charge < -0.3 is 21.1 Å². The summed E-state index contributed by atoms with van der Waals surface area (Å²) in [5.74, 6) is -1.86. The summed E-state index contributed by atoms with van der Waals surface area (Å²) in [6.07, 6.45) is -0.606. The molecule has 3 aromatic rings. The van der Waals surface area contributed by atoms with E-state index in [2.05, 4.69) is 20.4 Å². The number of carbonyl (C=O) groups is 2. The van der Waals surface area contributed by atoms with Crippen molar-refractivity contribution in [1.82, 2.24) is 30.2 Å². The molecule has 180 valence electrons. The fraction of sp³-hybridized carbons (Fsp3) is 0.381. The number of rotatable bonds is 5. The first kappa shape index (κ1) is 23.3. The normalized spacial score (nSPS) is 18.5. The molecule has 2 amide bonds. The Morgan fingerprint density at radius 1 is 1.12 bits per heavy atom. The lowest BCUT2D eigenvalue weighted by atomic mass is 9.91. The monoisotopic (exact) mass is 477 g/mol. The number of alkyl halides is 3. The zero-order valence-electron chi connectivity index (χ0n) is 18.1. The number of nitrogen functional groups attached to an aromatic ring is 1. The van der Waals surface area contributed by atoms with E-state index in [9.17, 15) is 22.8 Å². The van der Waals surface area contributed by atoms with Gasteiger partial charge in [0.2, 0.25) is 5.88 Å². The van der Waals surface area contributed by atoms with Gasteiger partial charge >= 0.3 is 12.1 Å². The van der Waals surface area contributed by atoms with E-state index >= 15 is 0 Å². The van der Waals surface area contributed by atoms with Crippen molar-refractivity contribution in [3.8, 4) is 17.1 Å². The molecule has 4 rings (SSSR count). The molecule has 13 heteroatoms. The van der Waals surface area contributed by atoms with Crippen LogP contribution in [0.25, 0.3) is 16.8 Å². The number of methoxy groups -OCH3 is 1. The highest BCUT2D eigenvalue weighted by Gasteiger charge is 2.40. The van der Waals surface area contributed by atoms with Crippen LogP contribution in [0, 0.1) is 0 Å². The number of halogens is 3. The van der Waals surface area contributed by atoms with Gasteiger partial charge in [-0.2, -0.15) is 18.3 Å². The highest BCUT2D eigenvalue weighted by Crippen LogP contribution is 2.29. The number of fused-ring (bicyclic) bond motifs is 1. The van der Waals surface area contributed by atoms with Crippen LogP contribution in [0.5, 0.6) is 5.88 Å². The molecule has 1 aliphatic carbocycles. The SMILES string of the molecule is COc1cc(-c2cc(C(=O)NC3CCC(NC(=O)C(F)(F)F)CC3)c3c(N)ncnn23)ccn1. The Kier molecular flexibility index (Phi) is 6.26. The van der Waals surface area contributed by atoms with Gasteiger partial charge in [-0.25, -0.2) is 14.5 Å². The van der Waals surface area contributed by atoms with Crippen molar-refractivity contribution in [1.29, 1.82) is 0 Å². The van der Waals surface area contributed by atoms with Crippen molar-refractivity contribution in [2.45, 2.75) is 43.9 Å². The summed E-state index contributed by atoms with van der Waals surface area (Å²) in [6.45, 7) is 0. The summed E-state index contributed by atoms with van der Waals surface area (Å²) >= 11 is 0. The van der Waals surface area contributed by atoms with Crippen LogP contribution in [0.15, 0.2) is 30.7 Å². The first-order chi connectivity index (χ1) is 16.2. The topological polar surface area (TPSA) is 137 Å². The van der Waals surface area contributed by atoms with Gasteiger partial charge in [0.15, 0.2) is 5.82 Å². The minimum absolute atomic E-state index is 0.117. The second-order valence-corrected chi connectivity index (χ2v) is 7.93. The molecule has 10 nitrogen and oxygen atoms in total. The van der Waals surface area contributed by atoms with Gasteiger partial charge in [-0.05, 0) is 37.8 Å². The third-order valence-corrected chi connectivity index (χ3v) is 5.72. The molecule has 34 heavy (non-hydrogen) atoms. The minimum atomic E-state index is -4.92. The Balaban J connectivity index is 1.52. The lowest BCUT2D eigenvalue weighted by Gasteiger charge is -2.29. The van der Waals surface area contributed by atoms with Crippen molar-refractivity contribution in [2.24, 2.45) is 0 Å². The predicted molar refractivity (Wildman–Crippen MR) is 115 cm³/mol. The Hall–Kier alpha value is -3.90. The van der Waals surface area contributed by atoms with Crippen LogP contribution in [0.1, 0.15) is 36.0 Å². The molecule has 0 saturated heterocycles. The van der Waals surface area contributed by atoms with Gasteiger partial charge in [-0.3, -0.25) is 9.59 Å². The Labute approximate surface area is 191 Å². The van der Waals surface area contributed by atoms with E-state index in [-0.39, 0.29) is 17.4 Å². The summed E-state index contributed by atoms with van der Waals surface area (Å²) < 4.78 is 44.1. The molecule has 1 saturated carbocycles. The second kappa shape index (κ2) is 9.15. The van der Waals surface area contributed by atoms with Gasteiger partial charge in [0, 0.05) is 29.9 Å². The quantitative estimate of drug-likeness (QED) is 0.512. The molecule has 1 fully saturated rings. The molecule has 3 aromatic heterocycles. The summed E-state index contributed by atoms with van der Waals surface area (Å²) in [7, 11) is 1.49. The van der Waals surface area contributed by atoms with Crippen LogP contribution < -0.4 is 21.1 Å². The van der Waals surface area contributed by atoms with Gasteiger partial charge in [-0.1, -0.05) is 0 Å². The number of nitrogens with two attached hydrogens (primary N) is 1. The predicted octanol–water partition coefficient (Wildman–Crippen LogP) is 2.10. The van der Waals surface area contributed by atoms with Crippen molar-refractivity contribution in [2.75, 3.05) is 12.8 Å². The zero-order chi connectivity index (χ0) is 24.5. The largest absolute Gasteiger partial charge is 0.481 e. The van der Waals surface area contributed by atoms with E-state index in [1.54, 1.807) is 24.4 Å². The molecule has 0 aromatic carbocycles. The number of nitrogens with zero attached hydrogens (tertiary/aromatic N) is 4.